The smallest absolute Gasteiger partial charge is 0.193 e. The summed E-state index contributed by atoms with van der Waals surface area (Å²) in [5.74, 6) is -1.78. The van der Waals surface area contributed by atoms with E-state index in [4.69, 9.17) is 4.74 Å². The molecule has 0 aromatic rings. The van der Waals surface area contributed by atoms with Crippen molar-refractivity contribution < 1.29 is 24.2 Å². The van der Waals surface area contributed by atoms with Crippen molar-refractivity contribution in [2.24, 2.45) is 23.7 Å². The number of ether oxygens (including phenoxy) is 1. The van der Waals surface area contributed by atoms with Crippen molar-refractivity contribution in [1.29, 1.82) is 0 Å². The van der Waals surface area contributed by atoms with Crippen molar-refractivity contribution in [2.45, 2.75) is 79.2 Å². The molecule has 1 rings (SSSR count). The Kier molecular flexibility index (Phi) is 8.40. The number of ketones is 3. The molecular formula is C22H36O5. The van der Waals surface area contributed by atoms with Gasteiger partial charge in [0, 0.05) is 20.0 Å². The summed E-state index contributed by atoms with van der Waals surface area (Å²) in [7, 11) is 1.34. The molecule has 0 fully saturated rings. The van der Waals surface area contributed by atoms with Gasteiger partial charge in [-0.1, -0.05) is 48.0 Å². The van der Waals surface area contributed by atoms with Crippen LogP contribution in [-0.4, -0.2) is 35.2 Å². The Morgan fingerprint density at radius 1 is 1.04 bits per heavy atom. The van der Waals surface area contributed by atoms with Crippen LogP contribution in [0.15, 0.2) is 11.3 Å². The number of carbonyl (C=O) groups excluding carboxylic acids is 3. The second-order valence-electron chi connectivity index (χ2n) is 8.93. The molecule has 154 valence electrons. The van der Waals surface area contributed by atoms with Crippen LogP contribution in [0.3, 0.4) is 0 Å². The summed E-state index contributed by atoms with van der Waals surface area (Å²) in [5.41, 5.74) is -1.94. The third kappa shape index (κ3) is 5.07. The van der Waals surface area contributed by atoms with Gasteiger partial charge in [0.25, 0.3) is 0 Å². The Morgan fingerprint density at radius 2 is 1.59 bits per heavy atom. The fraction of sp³-hybridized carbons (Fsp3) is 0.773. The molecule has 5 heteroatoms. The number of allylic oxidation sites excluding steroid dienone is 1. The maximum Gasteiger partial charge on any atom is 0.193 e. The number of aliphatic hydroxyl groups is 1. The van der Waals surface area contributed by atoms with E-state index in [9.17, 15) is 19.5 Å². The lowest BCUT2D eigenvalue weighted by atomic mass is 9.78. The molecule has 1 aliphatic rings. The lowest BCUT2D eigenvalue weighted by molar-refractivity contribution is -0.150. The number of methoxy groups -OCH3 is 1. The van der Waals surface area contributed by atoms with E-state index in [0.29, 0.717) is 31.1 Å². The Bertz CT molecular complexity index is 600. The fourth-order valence-corrected chi connectivity index (χ4v) is 3.69. The summed E-state index contributed by atoms with van der Waals surface area (Å²) in [6.07, 6.45) is 2.10. The third-order valence-corrected chi connectivity index (χ3v) is 5.23. The van der Waals surface area contributed by atoms with Crippen LogP contribution in [0, 0.1) is 23.7 Å². The predicted molar refractivity (Wildman–Crippen MR) is 106 cm³/mol. The van der Waals surface area contributed by atoms with Crippen LogP contribution < -0.4 is 0 Å². The zero-order chi connectivity index (χ0) is 20.9. The van der Waals surface area contributed by atoms with E-state index in [2.05, 4.69) is 0 Å². The number of rotatable bonds is 11. The second-order valence-corrected chi connectivity index (χ2v) is 8.93. The third-order valence-electron chi connectivity index (χ3n) is 5.23. The van der Waals surface area contributed by atoms with Gasteiger partial charge in [-0.05, 0) is 30.6 Å². The monoisotopic (exact) mass is 380 g/mol. The van der Waals surface area contributed by atoms with Gasteiger partial charge in [-0.3, -0.25) is 14.4 Å². The summed E-state index contributed by atoms with van der Waals surface area (Å²) in [5, 5.41) is 10.9. The van der Waals surface area contributed by atoms with Gasteiger partial charge in [-0.25, -0.2) is 0 Å². The van der Waals surface area contributed by atoms with Gasteiger partial charge in [0.05, 0.1) is 5.92 Å². The van der Waals surface area contributed by atoms with Crippen molar-refractivity contribution >= 4 is 17.3 Å². The fourth-order valence-electron chi connectivity index (χ4n) is 3.69. The molecule has 0 aromatic heterocycles. The highest BCUT2D eigenvalue weighted by molar-refractivity contribution is 6.26. The van der Waals surface area contributed by atoms with Gasteiger partial charge in [0.2, 0.25) is 0 Å². The normalized spacial score (nSPS) is 23.2. The van der Waals surface area contributed by atoms with E-state index in [1.54, 1.807) is 0 Å². The molecule has 5 nitrogen and oxygen atoms in total. The molecule has 0 heterocycles. The molecule has 2 atom stereocenters. The molecule has 1 aliphatic carbocycles. The minimum atomic E-state index is -1.72. The summed E-state index contributed by atoms with van der Waals surface area (Å²) in [6.45, 7) is 11.8. The van der Waals surface area contributed by atoms with Crippen LogP contribution >= 0.6 is 0 Å². The Labute approximate surface area is 163 Å². The van der Waals surface area contributed by atoms with E-state index in [0.717, 1.165) is 0 Å². The first-order chi connectivity index (χ1) is 12.5. The molecule has 0 aliphatic heterocycles. The molecule has 0 spiro atoms. The van der Waals surface area contributed by atoms with Crippen LogP contribution in [0.25, 0.3) is 0 Å². The average Bonchev–Trinajstić information content (AvgIpc) is 2.77. The first-order valence-electron chi connectivity index (χ1n) is 10.1. The maximum absolute atomic E-state index is 13.1. The van der Waals surface area contributed by atoms with Crippen molar-refractivity contribution in [3.05, 3.63) is 11.3 Å². The van der Waals surface area contributed by atoms with Crippen LogP contribution in [0.1, 0.15) is 73.6 Å². The molecular weight excluding hydrogens is 344 g/mol. The van der Waals surface area contributed by atoms with Crippen molar-refractivity contribution in [1.82, 2.24) is 0 Å². The number of Topliss-reactive ketones (excluding diaryl/α,β-unsaturated/α-hetero) is 3. The van der Waals surface area contributed by atoms with E-state index in [1.165, 1.54) is 7.11 Å². The van der Waals surface area contributed by atoms with Gasteiger partial charge in [0.15, 0.2) is 23.0 Å². The highest BCUT2D eigenvalue weighted by Crippen LogP contribution is 2.44. The lowest BCUT2D eigenvalue weighted by Crippen LogP contribution is -2.48. The first-order valence-corrected chi connectivity index (χ1v) is 10.1. The van der Waals surface area contributed by atoms with Crippen LogP contribution in [0.2, 0.25) is 0 Å². The van der Waals surface area contributed by atoms with Crippen LogP contribution in [0.5, 0.6) is 0 Å². The van der Waals surface area contributed by atoms with E-state index < -0.39 is 28.8 Å². The van der Waals surface area contributed by atoms with Crippen molar-refractivity contribution in [3.63, 3.8) is 0 Å². The number of hydrogen-bond acceptors (Lipinski definition) is 5. The highest BCUT2D eigenvalue weighted by Gasteiger charge is 2.60. The standard InChI is InChI=1S/C22H36O5/c1-13(2)8-10-16-20(25)19(17(23)12-15(5)6)21(26)22(16,27-7)18(24)11-9-14(3)4/h13-16,26H,8-12H2,1-7H3/t16-,22-/m1/s1. The molecule has 1 N–H and O–H groups in total. The first kappa shape index (κ1) is 23.5. The summed E-state index contributed by atoms with van der Waals surface area (Å²) < 4.78 is 5.58. The Morgan fingerprint density at radius 3 is 2.04 bits per heavy atom. The maximum atomic E-state index is 13.1. The quantitative estimate of drug-likeness (QED) is 0.536. The molecule has 0 saturated carbocycles. The van der Waals surface area contributed by atoms with Gasteiger partial charge in [0.1, 0.15) is 11.3 Å². The van der Waals surface area contributed by atoms with E-state index >= 15 is 0 Å². The topological polar surface area (TPSA) is 80.7 Å². The summed E-state index contributed by atoms with van der Waals surface area (Å²) in [4.78, 5) is 38.9. The van der Waals surface area contributed by atoms with Gasteiger partial charge in [-0.15, -0.1) is 0 Å². The molecule has 0 radical (unpaired) electrons. The van der Waals surface area contributed by atoms with E-state index in [1.807, 2.05) is 41.5 Å². The largest absolute Gasteiger partial charge is 0.508 e. The molecule has 0 amide bonds. The minimum Gasteiger partial charge on any atom is -0.508 e. The van der Waals surface area contributed by atoms with Crippen LogP contribution in [-0.2, 0) is 19.1 Å². The van der Waals surface area contributed by atoms with Crippen molar-refractivity contribution in [3.8, 4) is 0 Å². The minimum absolute atomic E-state index is 0.0499. The molecule has 27 heavy (non-hydrogen) atoms. The summed E-state index contributed by atoms with van der Waals surface area (Å²) >= 11 is 0. The Balaban J connectivity index is 3.39. The van der Waals surface area contributed by atoms with Gasteiger partial charge < -0.3 is 9.84 Å². The number of hydrogen-bond donors (Lipinski definition) is 1. The highest BCUT2D eigenvalue weighted by atomic mass is 16.5. The number of aliphatic hydroxyl groups excluding tert-OH is 1. The molecule has 0 saturated heterocycles. The molecule has 0 unspecified atom stereocenters. The summed E-state index contributed by atoms with van der Waals surface area (Å²) in [6, 6.07) is 0. The van der Waals surface area contributed by atoms with Crippen molar-refractivity contribution in [2.75, 3.05) is 7.11 Å². The van der Waals surface area contributed by atoms with E-state index in [-0.39, 0.29) is 30.1 Å². The average molecular weight is 381 g/mol. The zero-order valence-corrected chi connectivity index (χ0v) is 17.9. The lowest BCUT2D eigenvalue weighted by Gasteiger charge is -2.32. The Hall–Kier alpha value is -1.49. The second kappa shape index (κ2) is 9.63. The predicted octanol–water partition coefficient (Wildman–Crippen LogP) is 4.44. The van der Waals surface area contributed by atoms with Gasteiger partial charge in [-0.2, -0.15) is 0 Å². The molecule has 0 bridgehead atoms. The number of carbonyl (C=O) groups is 3. The van der Waals surface area contributed by atoms with Gasteiger partial charge >= 0.3 is 0 Å². The van der Waals surface area contributed by atoms with Crippen LogP contribution in [0.4, 0.5) is 0 Å². The zero-order valence-electron chi connectivity index (χ0n) is 17.9. The SMILES string of the molecule is CO[C@]1(C(=O)CCC(C)C)C(O)=C(C(=O)CC(C)C)C(=O)[C@H]1CCC(C)C. The molecule has 0 aromatic carbocycles.